The first-order valence-electron chi connectivity index (χ1n) is 8.98. The summed E-state index contributed by atoms with van der Waals surface area (Å²) in [6, 6.07) is 23.0. The van der Waals surface area contributed by atoms with Crippen LogP contribution in [0.5, 0.6) is 0 Å². The first-order chi connectivity index (χ1) is 13.2. The van der Waals surface area contributed by atoms with Crippen LogP contribution in [0.15, 0.2) is 83.5 Å². The van der Waals surface area contributed by atoms with Crippen molar-refractivity contribution in [1.29, 1.82) is 0 Å². The average molecular weight is 380 g/mol. The fourth-order valence-corrected chi connectivity index (χ4v) is 7.18. The zero-order valence-electron chi connectivity index (χ0n) is 14.8. The van der Waals surface area contributed by atoms with Gasteiger partial charge in [0.15, 0.2) is 0 Å². The number of carbonyl (C=O) groups is 1. The lowest BCUT2D eigenvalue weighted by molar-refractivity contribution is -0.107. The van der Waals surface area contributed by atoms with Gasteiger partial charge >= 0.3 is 0 Å². The Morgan fingerprint density at radius 1 is 0.889 bits per heavy atom. The highest BCUT2D eigenvalue weighted by atomic mass is 31.2. The predicted octanol–water partition coefficient (Wildman–Crippen LogP) is 5.13. The Morgan fingerprint density at radius 3 is 1.89 bits per heavy atom. The lowest BCUT2D eigenvalue weighted by Gasteiger charge is -2.36. The Kier molecular flexibility index (Phi) is 4.87. The summed E-state index contributed by atoms with van der Waals surface area (Å²) in [6.45, 7) is 1.23. The van der Waals surface area contributed by atoms with Gasteiger partial charge in [-0.3, -0.25) is 4.57 Å². The highest BCUT2D eigenvalue weighted by molar-refractivity contribution is 7.68. The fraction of sp³-hybridized carbons (Fsp3) is 0.190. The van der Waals surface area contributed by atoms with E-state index in [1.165, 1.54) is 0 Å². The number of anilines is 2. The molecule has 0 amide bonds. The van der Waals surface area contributed by atoms with Crippen LogP contribution in [0.1, 0.15) is 17.8 Å². The number of nitrogens with zero attached hydrogens (tertiary/aromatic N) is 2. The van der Waals surface area contributed by atoms with Crippen LogP contribution in [0.3, 0.4) is 0 Å². The molecule has 0 N–H and O–H groups in total. The summed E-state index contributed by atoms with van der Waals surface area (Å²) in [5.74, 6) is 0.578. The maximum absolute atomic E-state index is 14.7. The molecule has 27 heavy (non-hydrogen) atoms. The van der Waals surface area contributed by atoms with Crippen molar-refractivity contribution in [2.24, 2.45) is 0 Å². The van der Waals surface area contributed by atoms with E-state index in [4.69, 9.17) is 4.42 Å². The van der Waals surface area contributed by atoms with Crippen LogP contribution < -0.4 is 9.34 Å². The lowest BCUT2D eigenvalue weighted by atomic mass is 10.2. The summed E-state index contributed by atoms with van der Waals surface area (Å²) in [5.41, 5.74) is 1.25. The molecule has 3 aromatic rings. The molecule has 0 saturated carbocycles. The summed E-state index contributed by atoms with van der Waals surface area (Å²) < 4.78 is 24.2. The summed E-state index contributed by atoms with van der Waals surface area (Å²) >= 11 is 0. The van der Waals surface area contributed by atoms with E-state index >= 15 is 0 Å². The van der Waals surface area contributed by atoms with E-state index < -0.39 is 13.1 Å². The molecule has 2 aromatic carbocycles. The Morgan fingerprint density at radius 2 is 1.44 bits per heavy atom. The third-order valence-corrected chi connectivity index (χ3v) is 8.44. The van der Waals surface area contributed by atoms with Crippen molar-refractivity contribution in [1.82, 2.24) is 0 Å². The molecular weight excluding hydrogens is 359 g/mol. The molecule has 0 aliphatic carbocycles. The van der Waals surface area contributed by atoms with Crippen molar-refractivity contribution in [3.05, 3.63) is 84.8 Å². The van der Waals surface area contributed by atoms with Gasteiger partial charge in [0.25, 0.3) is 7.44 Å². The van der Waals surface area contributed by atoms with Gasteiger partial charge in [0, 0.05) is 30.9 Å². The molecule has 1 aromatic heterocycles. The molecule has 1 saturated heterocycles. The molecule has 1 aliphatic heterocycles. The van der Waals surface area contributed by atoms with E-state index in [2.05, 4.69) is 0 Å². The van der Waals surface area contributed by atoms with Gasteiger partial charge in [-0.2, -0.15) is 0 Å². The minimum Gasteiger partial charge on any atom is -0.468 e. The van der Waals surface area contributed by atoms with Crippen LogP contribution in [0.2, 0.25) is 0 Å². The molecule has 6 heteroatoms. The Bertz CT molecular complexity index is 877. The van der Waals surface area contributed by atoms with E-state index in [1.54, 1.807) is 18.4 Å². The third-order valence-electron chi connectivity index (χ3n) is 4.92. The number of rotatable bonds is 6. The summed E-state index contributed by atoms with van der Waals surface area (Å²) in [6.07, 6.45) is 2.53. The number of aldehydes is 1. The smallest absolute Gasteiger partial charge is 0.274 e. The van der Waals surface area contributed by atoms with Crippen molar-refractivity contribution in [2.45, 2.75) is 12.1 Å². The second kappa shape index (κ2) is 7.45. The number of para-hydroxylation sites is 2. The van der Waals surface area contributed by atoms with Crippen LogP contribution in [0.25, 0.3) is 0 Å². The van der Waals surface area contributed by atoms with E-state index in [1.807, 2.05) is 70.0 Å². The van der Waals surface area contributed by atoms with Crippen molar-refractivity contribution in [3.63, 3.8) is 0 Å². The maximum atomic E-state index is 14.7. The van der Waals surface area contributed by atoms with Gasteiger partial charge < -0.3 is 18.6 Å². The second-order valence-electron chi connectivity index (χ2n) is 6.44. The van der Waals surface area contributed by atoms with Crippen LogP contribution in [-0.2, 0) is 9.36 Å². The van der Waals surface area contributed by atoms with Gasteiger partial charge in [0.1, 0.15) is 17.7 Å². The molecular formula is C21H21N2O3P. The SMILES string of the molecule is O=CCC(c1ccco1)P1(=O)N(c2ccccc2)CCN1c1ccccc1. The highest BCUT2D eigenvalue weighted by Crippen LogP contribution is 2.69. The number of hydrogen-bond acceptors (Lipinski definition) is 3. The topological polar surface area (TPSA) is 53.8 Å². The molecule has 1 aliphatic rings. The predicted molar refractivity (Wildman–Crippen MR) is 107 cm³/mol. The van der Waals surface area contributed by atoms with Crippen LogP contribution in [0, 0.1) is 0 Å². The van der Waals surface area contributed by atoms with Crippen molar-refractivity contribution in [2.75, 3.05) is 22.4 Å². The molecule has 2 heterocycles. The minimum absolute atomic E-state index is 0.136. The Hall–Kier alpha value is -2.78. The molecule has 1 unspecified atom stereocenters. The number of furan rings is 1. The molecule has 1 fully saturated rings. The standard InChI is InChI=1S/C21H21N2O3P/c24-16-13-21(20-12-7-17-26-20)27(25)22(18-8-3-1-4-9-18)14-15-23(27)19-10-5-2-6-11-19/h1-12,16-17,21H,13-15H2. The quantitative estimate of drug-likeness (QED) is 0.438. The Balaban J connectivity index is 1.87. The molecule has 1 atom stereocenters. The van der Waals surface area contributed by atoms with Gasteiger partial charge in [-0.15, -0.1) is 0 Å². The first kappa shape index (κ1) is 17.6. The van der Waals surface area contributed by atoms with Crippen molar-refractivity contribution in [3.8, 4) is 0 Å². The van der Waals surface area contributed by atoms with E-state index in [0.717, 1.165) is 17.7 Å². The number of hydrogen-bond donors (Lipinski definition) is 0. The van der Waals surface area contributed by atoms with Gasteiger partial charge in [-0.05, 0) is 36.4 Å². The normalized spacial score (nSPS) is 17.0. The third kappa shape index (κ3) is 3.08. The average Bonchev–Trinajstić information content (AvgIpc) is 3.36. The summed E-state index contributed by atoms with van der Waals surface area (Å²) in [4.78, 5) is 11.5. The van der Waals surface area contributed by atoms with Crippen LogP contribution in [0.4, 0.5) is 11.4 Å². The monoisotopic (exact) mass is 380 g/mol. The van der Waals surface area contributed by atoms with E-state index in [9.17, 15) is 9.36 Å². The molecule has 138 valence electrons. The second-order valence-corrected chi connectivity index (χ2v) is 9.21. The number of benzene rings is 2. The molecule has 4 rings (SSSR count). The van der Waals surface area contributed by atoms with Crippen LogP contribution in [-0.4, -0.2) is 19.4 Å². The highest BCUT2D eigenvalue weighted by Gasteiger charge is 2.50. The zero-order valence-corrected chi connectivity index (χ0v) is 15.7. The first-order valence-corrected chi connectivity index (χ1v) is 10.7. The minimum atomic E-state index is -3.21. The summed E-state index contributed by atoms with van der Waals surface area (Å²) in [5, 5.41) is 0. The zero-order chi connectivity index (χ0) is 18.7. The van der Waals surface area contributed by atoms with Crippen molar-refractivity contribution >= 4 is 25.1 Å². The Labute approximate surface area is 158 Å². The van der Waals surface area contributed by atoms with Crippen LogP contribution >= 0.6 is 7.44 Å². The summed E-state index contributed by atoms with van der Waals surface area (Å²) in [7, 11) is -3.21. The van der Waals surface area contributed by atoms with E-state index in [0.29, 0.717) is 18.8 Å². The molecule has 0 radical (unpaired) electrons. The largest absolute Gasteiger partial charge is 0.468 e. The number of carbonyl (C=O) groups excluding carboxylic acids is 1. The lowest BCUT2D eigenvalue weighted by Crippen LogP contribution is -2.24. The van der Waals surface area contributed by atoms with Gasteiger partial charge in [-0.1, -0.05) is 36.4 Å². The van der Waals surface area contributed by atoms with Gasteiger partial charge in [-0.25, -0.2) is 0 Å². The maximum Gasteiger partial charge on any atom is 0.274 e. The fourth-order valence-electron chi connectivity index (χ4n) is 3.72. The van der Waals surface area contributed by atoms with Gasteiger partial charge in [0.2, 0.25) is 0 Å². The van der Waals surface area contributed by atoms with E-state index in [-0.39, 0.29) is 6.42 Å². The molecule has 5 nitrogen and oxygen atoms in total. The van der Waals surface area contributed by atoms with Gasteiger partial charge in [0.05, 0.1) is 6.26 Å². The molecule has 0 spiro atoms. The van der Waals surface area contributed by atoms with Crippen molar-refractivity contribution < 1.29 is 13.8 Å². The molecule has 0 bridgehead atoms.